The highest BCUT2D eigenvalue weighted by Crippen LogP contribution is 2.56. The third-order valence-corrected chi connectivity index (χ3v) is 16.6. The average Bonchev–Trinajstić information content (AvgIpc) is 3.25. The Morgan fingerprint density at radius 2 is 0.596 bits per heavy atom. The molecule has 0 saturated carbocycles. The molecule has 0 spiro atoms. The second-order valence-corrected chi connectivity index (χ2v) is 20.6. The van der Waals surface area contributed by atoms with Crippen molar-refractivity contribution in [3.05, 3.63) is 146 Å². The third kappa shape index (κ3) is 6.27. The molecule has 3 unspecified atom stereocenters. The molecule has 0 radical (unpaired) electrons. The SMILES string of the molecule is O=P1(CNc2nc(NCP3(=O)Oc4ccccc4-c4ccccc43)nc(NCP3(=O)Oc4ccccc4-c4ccccc43)n2)Oc2ccccc2-c2ccccc21. The third-order valence-electron chi connectivity index (χ3n) is 10.1. The number of benzene rings is 6. The fraction of sp³-hybridized carbons (Fsp3) is 0.0714. The van der Waals surface area contributed by atoms with Gasteiger partial charge in [-0.2, -0.15) is 15.0 Å². The molecule has 0 saturated heterocycles. The van der Waals surface area contributed by atoms with Crippen LogP contribution in [0.3, 0.4) is 0 Å². The van der Waals surface area contributed by atoms with E-state index in [1.54, 1.807) is 36.4 Å². The fourth-order valence-corrected chi connectivity index (χ4v) is 13.5. The Morgan fingerprint density at radius 3 is 0.895 bits per heavy atom. The molecule has 282 valence electrons. The van der Waals surface area contributed by atoms with E-state index < -0.39 is 22.1 Å². The van der Waals surface area contributed by atoms with Crippen LogP contribution < -0.4 is 45.4 Å². The van der Waals surface area contributed by atoms with Crippen molar-refractivity contribution in [3.63, 3.8) is 0 Å². The predicted octanol–water partition coefficient (Wildman–Crippen LogP) is 8.97. The van der Waals surface area contributed by atoms with Gasteiger partial charge < -0.3 is 29.5 Å². The van der Waals surface area contributed by atoms with E-state index in [9.17, 15) is 13.7 Å². The van der Waals surface area contributed by atoms with Crippen LogP contribution in [0, 0.1) is 0 Å². The van der Waals surface area contributed by atoms with Crippen LogP contribution >= 0.6 is 22.1 Å². The highest BCUT2D eigenvalue weighted by Gasteiger charge is 2.39. The Bertz CT molecular complexity index is 2570. The molecule has 1 aromatic heterocycles. The summed E-state index contributed by atoms with van der Waals surface area (Å²) < 4.78 is 62.6. The van der Waals surface area contributed by atoms with Crippen LogP contribution in [-0.4, -0.2) is 33.8 Å². The molecule has 12 nitrogen and oxygen atoms in total. The quantitative estimate of drug-likeness (QED) is 0.119. The summed E-state index contributed by atoms with van der Waals surface area (Å²) in [6.07, 6.45) is -0.462. The van der Waals surface area contributed by atoms with Crippen molar-refractivity contribution in [2.75, 3.05) is 34.8 Å². The number of aromatic nitrogens is 3. The molecule has 3 atom stereocenters. The zero-order chi connectivity index (χ0) is 38.6. The van der Waals surface area contributed by atoms with Crippen LogP contribution in [0.1, 0.15) is 0 Å². The second-order valence-electron chi connectivity index (χ2n) is 13.6. The van der Waals surface area contributed by atoms with Crippen molar-refractivity contribution in [3.8, 4) is 50.6 Å². The number of anilines is 3. The van der Waals surface area contributed by atoms with Gasteiger partial charge in [-0.05, 0) is 53.1 Å². The summed E-state index contributed by atoms with van der Waals surface area (Å²) in [4.78, 5) is 13.8. The zero-order valence-electron chi connectivity index (χ0n) is 30.1. The summed E-state index contributed by atoms with van der Waals surface area (Å²) in [5, 5.41) is 11.1. The Kier molecular flexibility index (Phi) is 8.52. The molecule has 57 heavy (non-hydrogen) atoms. The minimum absolute atomic E-state index is 0.0485. The largest absolute Gasteiger partial charge is 0.438 e. The maximum absolute atomic E-state index is 14.7. The first-order valence-electron chi connectivity index (χ1n) is 18.2. The first-order chi connectivity index (χ1) is 27.8. The lowest BCUT2D eigenvalue weighted by molar-refractivity contribution is 0.492. The Balaban J connectivity index is 0.974. The van der Waals surface area contributed by atoms with Crippen LogP contribution in [0.4, 0.5) is 17.8 Å². The molecule has 3 N–H and O–H groups in total. The molecule has 0 fully saturated rings. The van der Waals surface area contributed by atoms with Crippen LogP contribution in [0.25, 0.3) is 33.4 Å². The summed E-state index contributed by atoms with van der Waals surface area (Å²) in [6, 6.07) is 44.8. The van der Waals surface area contributed by atoms with E-state index in [0.29, 0.717) is 33.2 Å². The second kappa shape index (κ2) is 13.8. The maximum atomic E-state index is 14.7. The van der Waals surface area contributed by atoms with Gasteiger partial charge in [0.05, 0.1) is 15.9 Å². The molecule has 0 bridgehead atoms. The van der Waals surface area contributed by atoms with Crippen molar-refractivity contribution < 1.29 is 27.3 Å². The van der Waals surface area contributed by atoms with Crippen LogP contribution in [0.15, 0.2) is 146 Å². The van der Waals surface area contributed by atoms with Gasteiger partial charge in [-0.3, -0.25) is 13.7 Å². The number of rotatable bonds is 9. The van der Waals surface area contributed by atoms with Crippen molar-refractivity contribution in [2.45, 2.75) is 0 Å². The lowest BCUT2D eigenvalue weighted by atomic mass is 10.0. The van der Waals surface area contributed by atoms with Crippen molar-refractivity contribution >= 4 is 55.9 Å². The summed E-state index contributed by atoms with van der Waals surface area (Å²) in [5.41, 5.74) is 5.02. The molecule has 0 aliphatic carbocycles. The first-order valence-corrected chi connectivity index (χ1v) is 23.6. The van der Waals surface area contributed by atoms with Crippen LogP contribution in [0.5, 0.6) is 17.2 Å². The zero-order valence-corrected chi connectivity index (χ0v) is 32.8. The topological polar surface area (TPSA) is 154 Å². The van der Waals surface area contributed by atoms with Crippen molar-refractivity contribution in [2.24, 2.45) is 0 Å². The number of para-hydroxylation sites is 3. The van der Waals surface area contributed by atoms with Gasteiger partial charge >= 0.3 is 0 Å². The van der Waals surface area contributed by atoms with E-state index >= 15 is 0 Å². The highest BCUT2D eigenvalue weighted by atomic mass is 31.2. The number of nitrogens with one attached hydrogen (secondary N) is 3. The minimum atomic E-state index is -3.54. The van der Waals surface area contributed by atoms with E-state index in [4.69, 9.17) is 13.6 Å². The Morgan fingerprint density at radius 1 is 0.351 bits per heavy atom. The standard InChI is InChI=1S/C42H33N6O6P3/c49-55(37-22-10-4-16-31(37)28-13-1-7-19-34(28)52-55)25-43-40-46-41(44-26-56(50)38-23-11-5-17-32(38)29-14-2-8-20-35(29)53-56)48-42(47-40)45-27-57(51)39-24-12-6-18-33(39)30-15-3-9-21-36(30)54-57/h1-24H,25-27H2,(H3,43,44,45,46,47,48). The molecule has 4 heterocycles. The van der Waals surface area contributed by atoms with Gasteiger partial charge in [-0.25, -0.2) is 0 Å². The van der Waals surface area contributed by atoms with Crippen LogP contribution in [0.2, 0.25) is 0 Å². The van der Waals surface area contributed by atoms with E-state index in [0.717, 1.165) is 33.4 Å². The smallest absolute Gasteiger partial charge is 0.296 e. The summed E-state index contributed by atoms with van der Waals surface area (Å²) in [7, 11) is -10.6. The average molecular weight is 811 g/mol. The van der Waals surface area contributed by atoms with Gasteiger partial charge in [0.25, 0.3) is 22.1 Å². The van der Waals surface area contributed by atoms with Gasteiger partial charge in [0.15, 0.2) is 0 Å². The van der Waals surface area contributed by atoms with E-state index in [1.807, 2.05) is 109 Å². The number of hydrogen-bond donors (Lipinski definition) is 3. The first kappa shape index (κ1) is 35.2. The normalized spacial score (nSPS) is 20.6. The molecule has 7 aromatic rings. The van der Waals surface area contributed by atoms with E-state index in [2.05, 4.69) is 30.9 Å². The summed E-state index contributed by atoms with van der Waals surface area (Å²) in [5.74, 6) is 1.69. The molecule has 6 aromatic carbocycles. The van der Waals surface area contributed by atoms with Gasteiger partial charge in [-0.15, -0.1) is 0 Å². The molecule has 3 aliphatic heterocycles. The number of nitrogens with zero attached hydrogens (tertiary/aromatic N) is 3. The number of fused-ring (bicyclic) bond motifs is 9. The van der Waals surface area contributed by atoms with Gasteiger partial charge in [0.1, 0.15) is 36.1 Å². The summed E-state index contributed by atoms with van der Waals surface area (Å²) in [6.45, 7) is 0. The predicted molar refractivity (Wildman–Crippen MR) is 225 cm³/mol. The van der Waals surface area contributed by atoms with E-state index in [-0.39, 0.29) is 36.7 Å². The molecule has 15 heteroatoms. The van der Waals surface area contributed by atoms with Gasteiger partial charge in [0.2, 0.25) is 17.8 Å². The molecular formula is C42H33N6O6P3. The fourth-order valence-electron chi connectivity index (χ4n) is 7.42. The van der Waals surface area contributed by atoms with Crippen molar-refractivity contribution in [1.29, 1.82) is 0 Å². The van der Waals surface area contributed by atoms with Crippen LogP contribution in [-0.2, 0) is 13.7 Å². The monoisotopic (exact) mass is 810 g/mol. The Labute approximate surface area is 328 Å². The Hall–Kier alpha value is -6.18. The molecule has 10 rings (SSSR count). The summed E-state index contributed by atoms with van der Waals surface area (Å²) >= 11 is 0. The molecular weight excluding hydrogens is 777 g/mol. The maximum Gasteiger partial charge on any atom is 0.296 e. The van der Waals surface area contributed by atoms with E-state index in [1.165, 1.54) is 0 Å². The molecule has 0 amide bonds. The van der Waals surface area contributed by atoms with Gasteiger partial charge in [0, 0.05) is 16.7 Å². The highest BCUT2D eigenvalue weighted by molar-refractivity contribution is 7.68. The minimum Gasteiger partial charge on any atom is -0.438 e. The lowest BCUT2D eigenvalue weighted by Gasteiger charge is -2.29. The lowest BCUT2D eigenvalue weighted by Crippen LogP contribution is -2.25. The molecule has 3 aliphatic rings. The van der Waals surface area contributed by atoms with Crippen molar-refractivity contribution in [1.82, 2.24) is 15.0 Å². The van der Waals surface area contributed by atoms with Gasteiger partial charge in [-0.1, -0.05) is 109 Å². The number of hydrogen-bond acceptors (Lipinski definition) is 12.